The molecule has 0 aliphatic rings. The van der Waals surface area contributed by atoms with E-state index < -0.39 is 6.09 Å². The first-order chi connectivity index (χ1) is 9.69. The third-order valence-electron chi connectivity index (χ3n) is 2.55. The average Bonchev–Trinajstić information content (AvgIpc) is 2.45. The van der Waals surface area contributed by atoms with Crippen molar-refractivity contribution in [1.82, 2.24) is 10.3 Å². The molecule has 6 nitrogen and oxygen atoms in total. The van der Waals surface area contributed by atoms with Gasteiger partial charge in [0.15, 0.2) is 0 Å². The summed E-state index contributed by atoms with van der Waals surface area (Å²) in [6.07, 6.45) is 1.22. The number of alkyl carbamates (subject to hydrolysis) is 1. The molecule has 0 aliphatic heterocycles. The highest BCUT2D eigenvalue weighted by Crippen LogP contribution is 2.12. The summed E-state index contributed by atoms with van der Waals surface area (Å²) in [6.45, 7) is 0.249. The van der Waals surface area contributed by atoms with Gasteiger partial charge in [-0.15, -0.1) is 0 Å². The molecule has 1 aromatic carbocycles. The van der Waals surface area contributed by atoms with Crippen molar-refractivity contribution in [2.45, 2.75) is 6.61 Å². The number of nitrogens with one attached hydrogen (secondary N) is 2. The number of fused-ring (bicyclic) bond motifs is 1. The molecule has 20 heavy (non-hydrogen) atoms. The molecule has 1 heterocycles. The highest BCUT2D eigenvalue weighted by atomic mass is 32.2. The minimum Gasteiger partial charge on any atom is -0.445 e. The predicted octanol–water partition coefficient (Wildman–Crippen LogP) is 2.01. The van der Waals surface area contributed by atoms with Crippen molar-refractivity contribution in [3.8, 4) is 0 Å². The normalized spacial score (nSPS) is 10.4. The molecule has 1 amide bonds. The van der Waals surface area contributed by atoms with Gasteiger partial charge in [-0.25, -0.2) is 4.79 Å². The number of benzene rings is 1. The fourth-order valence-corrected chi connectivity index (χ4v) is 1.82. The smallest absolute Gasteiger partial charge is 0.409 e. The van der Waals surface area contributed by atoms with E-state index in [0.29, 0.717) is 0 Å². The number of carbonyl (C=O) groups excluding carboxylic acids is 1. The molecular formula is C13H14N2O4S. The molecule has 0 radical (unpaired) electrons. The maximum Gasteiger partial charge on any atom is 0.409 e. The molecule has 0 spiro atoms. The summed E-state index contributed by atoms with van der Waals surface area (Å²) in [5.74, 6) is 0. The molecule has 0 saturated carbocycles. The standard InChI is InChI=1S/C13H14N2O4S/c1-20-19-8-14-13(17)18-7-9-2-4-11-10(6-9)3-5-12(16)15-11/h2-6H,7-8H2,1H3,(H,14,17)(H,15,16). The Kier molecular flexibility index (Phi) is 5.03. The van der Waals surface area contributed by atoms with Gasteiger partial charge in [0, 0.05) is 17.8 Å². The highest BCUT2D eigenvalue weighted by Gasteiger charge is 2.03. The number of ether oxygens (including phenoxy) is 1. The lowest BCUT2D eigenvalue weighted by Gasteiger charge is -2.07. The molecule has 0 saturated heterocycles. The average molecular weight is 294 g/mol. The van der Waals surface area contributed by atoms with Crippen LogP contribution in [-0.2, 0) is 15.5 Å². The summed E-state index contributed by atoms with van der Waals surface area (Å²) in [7, 11) is 0. The Hall–Kier alpha value is -1.99. The molecule has 106 valence electrons. The molecule has 0 fully saturated rings. The van der Waals surface area contributed by atoms with Crippen molar-refractivity contribution in [3.63, 3.8) is 0 Å². The van der Waals surface area contributed by atoms with Crippen molar-refractivity contribution in [2.24, 2.45) is 0 Å². The van der Waals surface area contributed by atoms with Gasteiger partial charge in [0.1, 0.15) is 13.3 Å². The van der Waals surface area contributed by atoms with Crippen LogP contribution in [-0.4, -0.2) is 24.1 Å². The lowest BCUT2D eigenvalue weighted by atomic mass is 10.1. The van der Waals surface area contributed by atoms with Gasteiger partial charge in [0.05, 0.1) is 0 Å². The second kappa shape index (κ2) is 6.97. The second-order valence-corrected chi connectivity index (χ2v) is 4.49. The van der Waals surface area contributed by atoms with E-state index in [4.69, 9.17) is 8.92 Å². The predicted molar refractivity (Wildman–Crippen MR) is 77.4 cm³/mol. The van der Waals surface area contributed by atoms with Crippen LogP contribution in [0.3, 0.4) is 0 Å². The van der Waals surface area contributed by atoms with E-state index in [2.05, 4.69) is 10.3 Å². The number of pyridine rings is 1. The molecule has 1 aromatic heterocycles. The first-order valence-corrected chi connectivity index (χ1v) is 7.02. The van der Waals surface area contributed by atoms with Gasteiger partial charge in [-0.05, 0) is 41.2 Å². The van der Waals surface area contributed by atoms with E-state index in [1.165, 1.54) is 6.07 Å². The number of H-pyrrole nitrogens is 1. The van der Waals surface area contributed by atoms with Gasteiger partial charge in [-0.1, -0.05) is 6.07 Å². The first kappa shape index (κ1) is 14.4. The number of hydrogen-bond donors (Lipinski definition) is 2. The molecule has 0 bridgehead atoms. The highest BCUT2D eigenvalue weighted by molar-refractivity contribution is 7.93. The Morgan fingerprint density at radius 3 is 3.00 bits per heavy atom. The Morgan fingerprint density at radius 1 is 1.35 bits per heavy atom. The molecule has 7 heteroatoms. The summed E-state index contributed by atoms with van der Waals surface area (Å²) in [5, 5.41) is 3.33. The number of aromatic amines is 1. The number of carbonyl (C=O) groups is 1. The first-order valence-electron chi connectivity index (χ1n) is 5.87. The van der Waals surface area contributed by atoms with Gasteiger partial charge < -0.3 is 9.72 Å². The van der Waals surface area contributed by atoms with Crippen LogP contribution in [0.4, 0.5) is 4.79 Å². The van der Waals surface area contributed by atoms with E-state index in [0.717, 1.165) is 28.5 Å². The van der Waals surface area contributed by atoms with Gasteiger partial charge in [-0.2, -0.15) is 0 Å². The maximum absolute atomic E-state index is 11.3. The number of amides is 1. The fraction of sp³-hybridized carbons (Fsp3) is 0.231. The summed E-state index contributed by atoms with van der Waals surface area (Å²) in [4.78, 5) is 25.2. The number of rotatable bonds is 5. The monoisotopic (exact) mass is 294 g/mol. The quantitative estimate of drug-likeness (QED) is 0.501. The Labute approximate surface area is 119 Å². The summed E-state index contributed by atoms with van der Waals surface area (Å²) >= 11 is 1.16. The topological polar surface area (TPSA) is 80.4 Å². The summed E-state index contributed by atoms with van der Waals surface area (Å²) < 4.78 is 9.93. The largest absolute Gasteiger partial charge is 0.445 e. The van der Waals surface area contributed by atoms with E-state index >= 15 is 0 Å². The number of aromatic nitrogens is 1. The van der Waals surface area contributed by atoms with E-state index in [9.17, 15) is 9.59 Å². The molecule has 0 unspecified atom stereocenters. The van der Waals surface area contributed by atoms with Gasteiger partial charge >= 0.3 is 6.09 Å². The van der Waals surface area contributed by atoms with Gasteiger partial charge in [-0.3, -0.25) is 14.3 Å². The summed E-state index contributed by atoms with van der Waals surface area (Å²) in [6, 6.07) is 8.62. The zero-order valence-corrected chi connectivity index (χ0v) is 11.7. The van der Waals surface area contributed by atoms with Crippen molar-refractivity contribution >= 4 is 29.0 Å². The van der Waals surface area contributed by atoms with Crippen LogP contribution >= 0.6 is 12.0 Å². The molecule has 0 atom stereocenters. The zero-order chi connectivity index (χ0) is 14.4. The minimum absolute atomic E-state index is 0.0962. The molecular weight excluding hydrogens is 280 g/mol. The van der Waals surface area contributed by atoms with Gasteiger partial charge in [0.2, 0.25) is 5.56 Å². The van der Waals surface area contributed by atoms with E-state index in [1.54, 1.807) is 24.5 Å². The molecule has 2 aromatic rings. The van der Waals surface area contributed by atoms with E-state index in [1.807, 2.05) is 6.07 Å². The Morgan fingerprint density at radius 2 is 2.20 bits per heavy atom. The second-order valence-electron chi connectivity index (χ2n) is 3.93. The Bertz CT molecular complexity index is 656. The number of hydrogen-bond acceptors (Lipinski definition) is 5. The lowest BCUT2D eigenvalue weighted by Crippen LogP contribution is -2.25. The lowest BCUT2D eigenvalue weighted by molar-refractivity contribution is 0.132. The molecule has 2 rings (SSSR count). The van der Waals surface area contributed by atoms with Crippen LogP contribution in [0.1, 0.15) is 5.56 Å². The third-order valence-corrected chi connectivity index (χ3v) is 2.90. The van der Waals surface area contributed by atoms with Crippen molar-refractivity contribution in [3.05, 3.63) is 46.2 Å². The van der Waals surface area contributed by atoms with Crippen molar-refractivity contribution in [2.75, 3.05) is 13.0 Å². The molecule has 0 aliphatic carbocycles. The molecule has 2 N–H and O–H groups in total. The van der Waals surface area contributed by atoms with Crippen LogP contribution in [0.15, 0.2) is 35.1 Å². The maximum atomic E-state index is 11.3. The van der Waals surface area contributed by atoms with Crippen LogP contribution in [0, 0.1) is 0 Å². The SMILES string of the molecule is CSOCNC(=O)OCc1ccc2[nH]c(=O)ccc2c1. The van der Waals surface area contributed by atoms with Crippen LogP contribution in [0.25, 0.3) is 10.9 Å². The van der Waals surface area contributed by atoms with Crippen LogP contribution in [0.5, 0.6) is 0 Å². The third kappa shape index (κ3) is 4.01. The van der Waals surface area contributed by atoms with Crippen molar-refractivity contribution in [1.29, 1.82) is 0 Å². The zero-order valence-electron chi connectivity index (χ0n) is 10.8. The van der Waals surface area contributed by atoms with Crippen LogP contribution < -0.4 is 10.9 Å². The van der Waals surface area contributed by atoms with Crippen LogP contribution in [0.2, 0.25) is 0 Å². The summed E-state index contributed by atoms with van der Waals surface area (Å²) in [5.41, 5.74) is 1.44. The Balaban J connectivity index is 1.95. The van der Waals surface area contributed by atoms with Gasteiger partial charge in [0.25, 0.3) is 0 Å². The van der Waals surface area contributed by atoms with Crippen molar-refractivity contribution < 1.29 is 13.7 Å². The van der Waals surface area contributed by atoms with E-state index in [-0.39, 0.29) is 18.9 Å². The minimum atomic E-state index is -0.541. The fourth-order valence-electron chi connectivity index (χ4n) is 1.64.